The van der Waals surface area contributed by atoms with E-state index in [0.717, 1.165) is 60.2 Å². The lowest BCUT2D eigenvalue weighted by molar-refractivity contribution is -0.942. The summed E-state index contributed by atoms with van der Waals surface area (Å²) in [6.07, 6.45) is 6.42. The highest BCUT2D eigenvalue weighted by Gasteiger charge is 2.42. The zero-order chi connectivity index (χ0) is 16.9. The fraction of sp³-hybridized carbons (Fsp3) is 0.550. The SMILES string of the molecule is C=CC[N+]1(CCC)CCCCC1C(=O)Nc1c(C)cccc1C. The van der Waals surface area contributed by atoms with E-state index >= 15 is 0 Å². The van der Waals surface area contributed by atoms with Crippen LogP contribution in [0.25, 0.3) is 0 Å². The standard InChI is InChI=1S/C20H30N2O/c1-5-13-22(14-6-2)15-8-7-12-18(22)20(23)21-19-16(3)10-9-11-17(19)4/h5,9-11,18H,1,6-8,12-15H2,2-4H3/p+1. The van der Waals surface area contributed by atoms with Gasteiger partial charge in [0.25, 0.3) is 5.91 Å². The molecular weight excluding hydrogens is 284 g/mol. The van der Waals surface area contributed by atoms with E-state index in [1.165, 1.54) is 6.42 Å². The van der Waals surface area contributed by atoms with Crippen LogP contribution in [0, 0.1) is 13.8 Å². The van der Waals surface area contributed by atoms with Crippen molar-refractivity contribution in [3.8, 4) is 0 Å². The normalized spacial score (nSPS) is 24.2. The van der Waals surface area contributed by atoms with Crippen molar-refractivity contribution < 1.29 is 9.28 Å². The molecule has 0 saturated carbocycles. The van der Waals surface area contributed by atoms with Crippen LogP contribution in [-0.2, 0) is 4.79 Å². The Morgan fingerprint density at radius 3 is 2.65 bits per heavy atom. The molecule has 1 aliphatic heterocycles. The molecule has 1 fully saturated rings. The predicted octanol–water partition coefficient (Wildman–Crippen LogP) is 4.21. The molecule has 0 aliphatic carbocycles. The van der Waals surface area contributed by atoms with Gasteiger partial charge in [-0.05, 0) is 50.3 Å². The van der Waals surface area contributed by atoms with Crippen LogP contribution >= 0.6 is 0 Å². The smallest absolute Gasteiger partial charge is 0.282 e. The summed E-state index contributed by atoms with van der Waals surface area (Å²) >= 11 is 0. The number of rotatable bonds is 6. The molecule has 2 atom stereocenters. The molecule has 1 amide bonds. The number of quaternary nitrogens is 1. The third-order valence-electron chi connectivity index (χ3n) is 5.19. The molecular formula is C20H31N2O+. The van der Waals surface area contributed by atoms with Crippen molar-refractivity contribution >= 4 is 11.6 Å². The number of hydrogen-bond acceptors (Lipinski definition) is 1. The fourth-order valence-electron chi connectivity index (χ4n) is 4.07. The molecule has 0 spiro atoms. The topological polar surface area (TPSA) is 29.1 Å². The minimum Gasteiger partial charge on any atom is -0.320 e. The van der Waals surface area contributed by atoms with Crippen LogP contribution in [-0.4, -0.2) is 36.1 Å². The van der Waals surface area contributed by atoms with E-state index in [1.54, 1.807) is 0 Å². The summed E-state index contributed by atoms with van der Waals surface area (Å²) in [5, 5.41) is 3.23. The lowest BCUT2D eigenvalue weighted by atomic mass is 9.96. The molecule has 2 unspecified atom stereocenters. The van der Waals surface area contributed by atoms with E-state index < -0.39 is 0 Å². The van der Waals surface area contributed by atoms with E-state index in [1.807, 2.05) is 12.1 Å². The summed E-state index contributed by atoms with van der Waals surface area (Å²) in [6, 6.07) is 6.19. The van der Waals surface area contributed by atoms with E-state index in [9.17, 15) is 4.79 Å². The first-order chi connectivity index (χ1) is 11.0. The van der Waals surface area contributed by atoms with Gasteiger partial charge in [0.2, 0.25) is 0 Å². The zero-order valence-electron chi connectivity index (χ0n) is 14.9. The molecule has 1 N–H and O–H groups in total. The third kappa shape index (κ3) is 3.84. The third-order valence-corrected chi connectivity index (χ3v) is 5.19. The van der Waals surface area contributed by atoms with Crippen LogP contribution in [0.2, 0.25) is 0 Å². The van der Waals surface area contributed by atoms with Crippen LogP contribution < -0.4 is 5.32 Å². The fourth-order valence-corrected chi connectivity index (χ4v) is 4.07. The molecule has 1 heterocycles. The first-order valence-electron chi connectivity index (χ1n) is 8.88. The maximum atomic E-state index is 13.1. The summed E-state index contributed by atoms with van der Waals surface area (Å²) in [5.74, 6) is 0.178. The number of carbonyl (C=O) groups excluding carboxylic acids is 1. The van der Waals surface area contributed by atoms with Gasteiger partial charge in [0.15, 0.2) is 6.04 Å². The van der Waals surface area contributed by atoms with Crippen LogP contribution in [0.4, 0.5) is 5.69 Å². The second-order valence-electron chi connectivity index (χ2n) is 6.90. The Bertz CT molecular complexity index is 543. The largest absolute Gasteiger partial charge is 0.320 e. The van der Waals surface area contributed by atoms with Crippen LogP contribution in [0.3, 0.4) is 0 Å². The number of nitrogens with zero attached hydrogens (tertiary/aromatic N) is 1. The Morgan fingerprint density at radius 1 is 1.35 bits per heavy atom. The second kappa shape index (κ2) is 7.78. The first kappa shape index (κ1) is 17.7. The molecule has 1 aliphatic rings. The van der Waals surface area contributed by atoms with Crippen LogP contribution in [0.5, 0.6) is 0 Å². The minimum absolute atomic E-state index is 0.0423. The molecule has 0 aromatic heterocycles. The molecule has 0 bridgehead atoms. The highest BCUT2D eigenvalue weighted by atomic mass is 16.2. The van der Waals surface area contributed by atoms with Crippen molar-refractivity contribution in [3.63, 3.8) is 0 Å². The van der Waals surface area contributed by atoms with Crippen molar-refractivity contribution in [2.24, 2.45) is 0 Å². The van der Waals surface area contributed by atoms with Gasteiger partial charge in [0.05, 0.1) is 19.6 Å². The average molecular weight is 315 g/mol. The van der Waals surface area contributed by atoms with Crippen molar-refractivity contribution in [3.05, 3.63) is 42.0 Å². The Labute approximate surface area is 141 Å². The number of likely N-dealkylation sites (tertiary alicyclic amines) is 1. The zero-order valence-corrected chi connectivity index (χ0v) is 14.9. The highest BCUT2D eigenvalue weighted by Crippen LogP contribution is 2.29. The maximum Gasteiger partial charge on any atom is 0.282 e. The number of anilines is 1. The molecule has 1 aromatic carbocycles. The van der Waals surface area contributed by atoms with Gasteiger partial charge in [-0.25, -0.2) is 0 Å². The van der Waals surface area contributed by atoms with Gasteiger partial charge in [-0.15, -0.1) is 0 Å². The van der Waals surface area contributed by atoms with Gasteiger partial charge in [-0.2, -0.15) is 0 Å². The molecule has 126 valence electrons. The number of nitrogens with one attached hydrogen (secondary N) is 1. The second-order valence-corrected chi connectivity index (χ2v) is 6.90. The average Bonchev–Trinajstić information content (AvgIpc) is 2.52. The quantitative estimate of drug-likeness (QED) is 0.618. The summed E-state index contributed by atoms with van der Waals surface area (Å²) in [4.78, 5) is 13.1. The van der Waals surface area contributed by atoms with E-state index in [2.05, 4.69) is 44.8 Å². The summed E-state index contributed by atoms with van der Waals surface area (Å²) in [5.41, 5.74) is 3.24. The van der Waals surface area contributed by atoms with Gasteiger partial charge >= 0.3 is 0 Å². The monoisotopic (exact) mass is 315 g/mol. The van der Waals surface area contributed by atoms with Crippen molar-refractivity contribution in [1.29, 1.82) is 0 Å². The molecule has 1 saturated heterocycles. The molecule has 0 radical (unpaired) electrons. The number of carbonyl (C=O) groups is 1. The van der Waals surface area contributed by atoms with Gasteiger partial charge in [0.1, 0.15) is 0 Å². The highest BCUT2D eigenvalue weighted by molar-refractivity contribution is 5.95. The predicted molar refractivity (Wildman–Crippen MR) is 97.5 cm³/mol. The van der Waals surface area contributed by atoms with Gasteiger partial charge in [0, 0.05) is 12.1 Å². The van der Waals surface area contributed by atoms with Crippen LogP contribution in [0.1, 0.15) is 43.7 Å². The van der Waals surface area contributed by atoms with Crippen molar-refractivity contribution in [2.75, 3.05) is 25.0 Å². The Morgan fingerprint density at radius 2 is 2.04 bits per heavy atom. The van der Waals surface area contributed by atoms with Gasteiger partial charge in [-0.3, -0.25) is 4.79 Å². The molecule has 3 nitrogen and oxygen atoms in total. The lowest BCUT2D eigenvalue weighted by Gasteiger charge is -2.46. The Hall–Kier alpha value is -1.61. The van der Waals surface area contributed by atoms with Crippen molar-refractivity contribution in [2.45, 2.75) is 52.5 Å². The number of para-hydroxylation sites is 1. The lowest BCUT2D eigenvalue weighted by Crippen LogP contribution is -2.62. The van der Waals surface area contributed by atoms with E-state index in [0.29, 0.717) is 0 Å². The number of benzene rings is 1. The number of hydrogen-bond donors (Lipinski definition) is 1. The van der Waals surface area contributed by atoms with E-state index in [4.69, 9.17) is 0 Å². The van der Waals surface area contributed by atoms with E-state index in [-0.39, 0.29) is 11.9 Å². The molecule has 2 rings (SSSR count). The minimum atomic E-state index is 0.0423. The Balaban J connectivity index is 2.25. The summed E-state index contributed by atoms with van der Waals surface area (Å²) in [7, 11) is 0. The maximum absolute atomic E-state index is 13.1. The van der Waals surface area contributed by atoms with Crippen LogP contribution in [0.15, 0.2) is 30.9 Å². The number of aryl methyl sites for hydroxylation is 2. The van der Waals surface area contributed by atoms with Gasteiger partial charge < -0.3 is 9.80 Å². The van der Waals surface area contributed by atoms with Gasteiger partial charge in [-0.1, -0.05) is 31.7 Å². The number of piperidine rings is 1. The number of amides is 1. The molecule has 1 aromatic rings. The molecule has 23 heavy (non-hydrogen) atoms. The summed E-state index contributed by atoms with van der Waals surface area (Å²) in [6.45, 7) is 13.3. The molecule has 3 heteroatoms. The summed E-state index contributed by atoms with van der Waals surface area (Å²) < 4.78 is 0.872. The van der Waals surface area contributed by atoms with Crippen molar-refractivity contribution in [1.82, 2.24) is 0 Å². The Kier molecular flexibility index (Phi) is 6.00. The first-order valence-corrected chi connectivity index (χ1v) is 8.88.